The van der Waals surface area contributed by atoms with Crippen LogP contribution in [0.4, 0.5) is 0 Å². The number of rotatable bonds is 4. The topological polar surface area (TPSA) is 51.5 Å². The number of methoxy groups -OCH3 is 1. The lowest BCUT2D eigenvalue weighted by molar-refractivity contribution is 0.0631. The second kappa shape index (κ2) is 7.28. The van der Waals surface area contributed by atoms with E-state index in [1.54, 1.807) is 23.0 Å². The third-order valence-corrected chi connectivity index (χ3v) is 6.86. The van der Waals surface area contributed by atoms with Crippen LogP contribution < -0.4 is 5.56 Å². The van der Waals surface area contributed by atoms with E-state index in [0.717, 1.165) is 41.1 Å². The number of benzene rings is 1. The van der Waals surface area contributed by atoms with Crippen molar-refractivity contribution in [1.29, 1.82) is 0 Å². The minimum atomic E-state index is -0.0407. The van der Waals surface area contributed by atoms with E-state index in [1.807, 2.05) is 52.7 Å². The molecule has 0 bridgehead atoms. The summed E-state index contributed by atoms with van der Waals surface area (Å²) in [6.07, 6.45) is 1.93. The van der Waals surface area contributed by atoms with Crippen LogP contribution in [0.2, 0.25) is 0 Å². The molecule has 0 unspecified atom stereocenters. The maximum atomic E-state index is 13.7. The maximum absolute atomic E-state index is 13.7. The van der Waals surface area contributed by atoms with Crippen LogP contribution in [-0.2, 0) is 11.3 Å². The lowest BCUT2D eigenvalue weighted by atomic mass is 10.0. The molecule has 2 aliphatic rings. The summed E-state index contributed by atoms with van der Waals surface area (Å²) in [6.45, 7) is 1.79. The van der Waals surface area contributed by atoms with Gasteiger partial charge in [-0.1, -0.05) is 30.3 Å². The number of amides is 1. The first-order valence-corrected chi connectivity index (χ1v) is 10.8. The number of nitrogens with zero attached hydrogens (tertiary/aromatic N) is 2. The number of pyridine rings is 1. The van der Waals surface area contributed by atoms with Crippen LogP contribution in [-0.4, -0.2) is 41.7 Å². The Morgan fingerprint density at radius 3 is 2.86 bits per heavy atom. The molecule has 0 radical (unpaired) electrons. The van der Waals surface area contributed by atoms with E-state index in [-0.39, 0.29) is 17.5 Å². The Morgan fingerprint density at radius 2 is 2.07 bits per heavy atom. The molecule has 0 aliphatic carbocycles. The van der Waals surface area contributed by atoms with Crippen molar-refractivity contribution >= 4 is 17.2 Å². The van der Waals surface area contributed by atoms with Gasteiger partial charge in [0.15, 0.2) is 0 Å². The van der Waals surface area contributed by atoms with Crippen LogP contribution in [0.25, 0.3) is 21.7 Å². The summed E-state index contributed by atoms with van der Waals surface area (Å²) in [7, 11) is 1.67. The Morgan fingerprint density at radius 1 is 1.24 bits per heavy atom. The largest absolute Gasteiger partial charge is 0.383 e. The van der Waals surface area contributed by atoms with Crippen molar-refractivity contribution in [2.24, 2.45) is 0 Å². The predicted molar refractivity (Wildman–Crippen MR) is 114 cm³/mol. The number of ether oxygens (including phenoxy) is 1. The summed E-state index contributed by atoms with van der Waals surface area (Å²) in [4.78, 5) is 29.9. The molecule has 1 aromatic carbocycles. The third-order valence-electron chi connectivity index (χ3n) is 5.89. The van der Waals surface area contributed by atoms with Gasteiger partial charge < -0.3 is 14.2 Å². The summed E-state index contributed by atoms with van der Waals surface area (Å²) in [6, 6.07) is 13.6. The van der Waals surface area contributed by atoms with Gasteiger partial charge in [-0.2, -0.15) is 0 Å². The molecule has 2 aliphatic heterocycles. The van der Waals surface area contributed by atoms with Gasteiger partial charge in [-0.3, -0.25) is 9.59 Å². The average molecular weight is 407 g/mol. The minimum absolute atomic E-state index is 0.00766. The standard InChI is InChI=1S/C23H22N2O3S/c1-28-14-17-8-5-10-24(17)23(27)19-12-18(15-6-3-2-4-7-15)22(26)25-13-16-9-11-29-21(16)20(19)25/h2-4,6-7,9,11-12,17H,5,8,10,13-14H2,1H3/t17-/m1/s1. The molecule has 1 saturated heterocycles. The quantitative estimate of drug-likeness (QED) is 0.517. The van der Waals surface area contributed by atoms with Crippen molar-refractivity contribution in [2.45, 2.75) is 25.4 Å². The van der Waals surface area contributed by atoms with Gasteiger partial charge in [0.1, 0.15) is 0 Å². The first-order chi connectivity index (χ1) is 14.2. The second-order valence-corrected chi connectivity index (χ2v) is 8.52. The van der Waals surface area contributed by atoms with Crippen molar-refractivity contribution in [3.63, 3.8) is 0 Å². The third kappa shape index (κ3) is 2.94. The van der Waals surface area contributed by atoms with Crippen LogP contribution in [0.1, 0.15) is 28.8 Å². The molecule has 148 valence electrons. The highest BCUT2D eigenvalue weighted by atomic mass is 32.1. The molecule has 4 heterocycles. The van der Waals surface area contributed by atoms with Crippen molar-refractivity contribution in [3.8, 4) is 21.7 Å². The summed E-state index contributed by atoms with van der Waals surface area (Å²) in [5.41, 5.74) is 3.88. The molecule has 1 fully saturated rings. The molecule has 3 aromatic rings. The molecule has 0 spiro atoms. The van der Waals surface area contributed by atoms with E-state index in [2.05, 4.69) is 0 Å². The van der Waals surface area contributed by atoms with E-state index >= 15 is 0 Å². The van der Waals surface area contributed by atoms with Crippen LogP contribution >= 0.6 is 11.3 Å². The number of carbonyl (C=O) groups is 1. The number of hydrogen-bond acceptors (Lipinski definition) is 4. The first-order valence-electron chi connectivity index (χ1n) is 9.89. The lowest BCUT2D eigenvalue weighted by Gasteiger charge is -2.25. The molecule has 1 amide bonds. The highest BCUT2D eigenvalue weighted by Gasteiger charge is 2.34. The normalized spacial score (nSPS) is 17.4. The summed E-state index contributed by atoms with van der Waals surface area (Å²) in [5, 5.41) is 2.03. The zero-order valence-electron chi connectivity index (χ0n) is 16.3. The van der Waals surface area contributed by atoms with Crippen LogP contribution in [0, 0.1) is 0 Å². The minimum Gasteiger partial charge on any atom is -0.383 e. The molecule has 1 atom stereocenters. The fourth-order valence-corrected chi connectivity index (χ4v) is 5.50. The number of fused-ring (bicyclic) bond motifs is 3. The molecule has 5 nitrogen and oxygen atoms in total. The summed E-state index contributed by atoms with van der Waals surface area (Å²) in [5.74, 6) is -0.00766. The van der Waals surface area contributed by atoms with Crippen molar-refractivity contribution in [2.75, 3.05) is 20.3 Å². The lowest BCUT2D eigenvalue weighted by Crippen LogP contribution is -2.39. The number of aromatic nitrogens is 1. The summed E-state index contributed by atoms with van der Waals surface area (Å²) >= 11 is 1.60. The van der Waals surface area contributed by atoms with Gasteiger partial charge in [0.2, 0.25) is 0 Å². The van der Waals surface area contributed by atoms with Crippen LogP contribution in [0.15, 0.2) is 52.6 Å². The highest BCUT2D eigenvalue weighted by molar-refractivity contribution is 7.13. The highest BCUT2D eigenvalue weighted by Crippen LogP contribution is 2.39. The fraction of sp³-hybridized carbons (Fsp3) is 0.304. The van der Waals surface area contributed by atoms with Gasteiger partial charge >= 0.3 is 0 Å². The molecule has 0 saturated carbocycles. The van der Waals surface area contributed by atoms with E-state index < -0.39 is 0 Å². The van der Waals surface area contributed by atoms with Gasteiger partial charge in [0.25, 0.3) is 11.5 Å². The smallest absolute Gasteiger partial charge is 0.259 e. The Hall–Kier alpha value is -2.70. The van der Waals surface area contributed by atoms with Crippen molar-refractivity contribution in [1.82, 2.24) is 9.47 Å². The number of carbonyl (C=O) groups excluding carboxylic acids is 1. The average Bonchev–Trinajstić information content (AvgIpc) is 3.45. The molecule has 6 heteroatoms. The first kappa shape index (κ1) is 18.3. The zero-order chi connectivity index (χ0) is 20.0. The van der Waals surface area contributed by atoms with Crippen molar-refractivity contribution < 1.29 is 9.53 Å². The van der Waals surface area contributed by atoms with E-state index in [1.165, 1.54) is 0 Å². The van der Waals surface area contributed by atoms with Gasteiger partial charge in [-0.05, 0) is 41.5 Å². The van der Waals surface area contributed by atoms with Crippen molar-refractivity contribution in [3.05, 3.63) is 69.3 Å². The second-order valence-electron chi connectivity index (χ2n) is 7.60. The molecule has 29 heavy (non-hydrogen) atoms. The fourth-order valence-electron chi connectivity index (χ4n) is 4.51. The molecule has 0 N–H and O–H groups in total. The Balaban J connectivity index is 1.69. The van der Waals surface area contributed by atoms with Crippen LogP contribution in [0.5, 0.6) is 0 Å². The van der Waals surface area contributed by atoms with Gasteiger partial charge in [-0.15, -0.1) is 11.3 Å². The Bertz CT molecular complexity index is 1130. The van der Waals surface area contributed by atoms with E-state index in [4.69, 9.17) is 4.74 Å². The molecular weight excluding hydrogens is 384 g/mol. The SMILES string of the molecule is COC[C@H]1CCCN1C(=O)c1cc(-c2ccccc2)c(=O)n2c1-c1sccc1C2. The number of thiophene rings is 1. The number of hydrogen-bond donors (Lipinski definition) is 0. The monoisotopic (exact) mass is 406 g/mol. The van der Waals surface area contributed by atoms with Gasteiger partial charge in [-0.25, -0.2) is 0 Å². The predicted octanol–water partition coefficient (Wildman–Crippen LogP) is 3.86. The molecule has 2 aromatic heterocycles. The van der Waals surface area contributed by atoms with Gasteiger partial charge in [0, 0.05) is 19.2 Å². The molecule has 5 rings (SSSR count). The zero-order valence-corrected chi connectivity index (χ0v) is 17.1. The molecular formula is C23H22N2O3S. The number of likely N-dealkylation sites (tertiary alicyclic amines) is 1. The van der Waals surface area contributed by atoms with E-state index in [9.17, 15) is 9.59 Å². The van der Waals surface area contributed by atoms with E-state index in [0.29, 0.717) is 24.3 Å². The Labute approximate surface area is 173 Å². The summed E-state index contributed by atoms with van der Waals surface area (Å²) < 4.78 is 7.12. The maximum Gasteiger partial charge on any atom is 0.259 e. The Kier molecular flexibility index (Phi) is 4.60. The van der Waals surface area contributed by atoms with Crippen LogP contribution in [0.3, 0.4) is 0 Å². The van der Waals surface area contributed by atoms with Gasteiger partial charge in [0.05, 0.1) is 35.3 Å².